The summed E-state index contributed by atoms with van der Waals surface area (Å²) >= 11 is 1.41. The first-order valence-electron chi connectivity index (χ1n) is 9.94. The van der Waals surface area contributed by atoms with E-state index in [1.165, 1.54) is 11.3 Å². The van der Waals surface area contributed by atoms with E-state index in [9.17, 15) is 9.59 Å². The smallest absolute Gasteiger partial charge is 0.263 e. The molecule has 3 rings (SSSR count). The lowest BCUT2D eigenvalue weighted by Crippen LogP contribution is -2.35. The second-order valence-corrected chi connectivity index (χ2v) is 8.10. The quantitative estimate of drug-likeness (QED) is 0.693. The number of amides is 2. The van der Waals surface area contributed by atoms with Gasteiger partial charge >= 0.3 is 0 Å². The number of benzene rings is 1. The molecule has 1 fully saturated rings. The van der Waals surface area contributed by atoms with Crippen LogP contribution in [0.4, 0.5) is 0 Å². The van der Waals surface area contributed by atoms with Crippen molar-refractivity contribution >= 4 is 23.2 Å². The molecule has 0 spiro atoms. The monoisotopic (exact) mass is 432 g/mol. The molecule has 2 aromatic rings. The zero-order chi connectivity index (χ0) is 21.7. The topological polar surface area (TPSA) is 77.1 Å². The van der Waals surface area contributed by atoms with Crippen LogP contribution in [0, 0.1) is 5.92 Å². The number of nitrogens with zero attached hydrogens (tertiary/aromatic N) is 1. The van der Waals surface area contributed by atoms with Crippen LogP contribution in [-0.2, 0) is 4.79 Å². The number of nitrogens with one attached hydrogen (secondary N) is 1. The van der Waals surface area contributed by atoms with Crippen LogP contribution in [0.2, 0.25) is 0 Å². The first-order valence-corrected chi connectivity index (χ1v) is 10.8. The van der Waals surface area contributed by atoms with Gasteiger partial charge in [-0.25, -0.2) is 0 Å². The summed E-state index contributed by atoms with van der Waals surface area (Å²) < 4.78 is 16.4. The molecule has 162 valence electrons. The molecule has 0 unspecified atom stereocenters. The van der Waals surface area contributed by atoms with Gasteiger partial charge in [-0.2, -0.15) is 0 Å². The Morgan fingerprint density at radius 1 is 1.13 bits per heavy atom. The maximum Gasteiger partial charge on any atom is 0.263 e. The van der Waals surface area contributed by atoms with Gasteiger partial charge in [-0.3, -0.25) is 9.59 Å². The molecule has 8 heteroatoms. The first kappa shape index (κ1) is 22.0. The first-order chi connectivity index (χ1) is 14.5. The molecular weight excluding hydrogens is 404 g/mol. The van der Waals surface area contributed by atoms with Gasteiger partial charge in [0, 0.05) is 25.6 Å². The minimum atomic E-state index is -0.358. The molecule has 0 aliphatic carbocycles. The van der Waals surface area contributed by atoms with E-state index in [2.05, 4.69) is 5.32 Å². The number of hydrogen-bond donors (Lipinski definition) is 1. The Bertz CT molecular complexity index is 859. The summed E-state index contributed by atoms with van der Waals surface area (Å²) in [5, 5.41) is 4.87. The minimum absolute atomic E-state index is 0.0444. The van der Waals surface area contributed by atoms with E-state index in [1.54, 1.807) is 26.2 Å². The number of carbonyl (C=O) groups is 2. The van der Waals surface area contributed by atoms with Gasteiger partial charge in [0.1, 0.15) is 0 Å². The van der Waals surface area contributed by atoms with Crippen molar-refractivity contribution in [2.45, 2.75) is 19.3 Å². The van der Waals surface area contributed by atoms with E-state index < -0.39 is 0 Å². The summed E-state index contributed by atoms with van der Waals surface area (Å²) in [6.45, 7) is 3.43. The Kier molecular flexibility index (Phi) is 7.20. The van der Waals surface area contributed by atoms with Gasteiger partial charge in [-0.15, -0.1) is 11.3 Å². The summed E-state index contributed by atoms with van der Waals surface area (Å²) in [5.74, 6) is 0.929. The van der Waals surface area contributed by atoms with Crippen molar-refractivity contribution in [3.05, 3.63) is 40.1 Å². The lowest BCUT2D eigenvalue weighted by Gasteiger charge is -2.21. The van der Waals surface area contributed by atoms with Gasteiger partial charge in [-0.05, 0) is 35.6 Å². The van der Waals surface area contributed by atoms with Crippen LogP contribution in [0.1, 0.15) is 34.5 Å². The van der Waals surface area contributed by atoms with Gasteiger partial charge in [0.25, 0.3) is 5.91 Å². The SMILES string of the molecule is CCCNC(=O)[C@H]1CN(C(=O)c2cccs2)C[C@H]1c1cc(OC)c(OC)c(OC)c1. The lowest BCUT2D eigenvalue weighted by molar-refractivity contribution is -0.124. The molecule has 2 heterocycles. The molecule has 1 N–H and O–H groups in total. The predicted octanol–water partition coefficient (Wildman–Crippen LogP) is 3.16. The molecule has 1 aliphatic rings. The van der Waals surface area contributed by atoms with E-state index in [-0.39, 0.29) is 23.7 Å². The third-order valence-corrected chi connectivity index (χ3v) is 6.20. The lowest BCUT2D eigenvalue weighted by atomic mass is 9.88. The molecule has 0 radical (unpaired) electrons. The highest BCUT2D eigenvalue weighted by Crippen LogP contribution is 2.43. The third-order valence-electron chi connectivity index (χ3n) is 5.34. The third kappa shape index (κ3) is 4.38. The molecule has 1 aromatic carbocycles. The zero-order valence-corrected chi connectivity index (χ0v) is 18.6. The van der Waals surface area contributed by atoms with E-state index in [0.717, 1.165) is 12.0 Å². The maximum absolute atomic E-state index is 12.9. The van der Waals surface area contributed by atoms with Crippen LogP contribution in [0.25, 0.3) is 0 Å². The normalized spacial score (nSPS) is 18.2. The predicted molar refractivity (Wildman–Crippen MR) is 116 cm³/mol. The number of methoxy groups -OCH3 is 3. The molecule has 30 heavy (non-hydrogen) atoms. The van der Waals surface area contributed by atoms with Crippen LogP contribution in [0.15, 0.2) is 29.6 Å². The highest BCUT2D eigenvalue weighted by molar-refractivity contribution is 7.12. The molecule has 0 saturated carbocycles. The Hall–Kier alpha value is -2.74. The number of thiophene rings is 1. The van der Waals surface area contributed by atoms with Crippen LogP contribution in [0.5, 0.6) is 17.2 Å². The summed E-state index contributed by atoms with van der Waals surface area (Å²) in [6.07, 6.45) is 0.852. The van der Waals surface area contributed by atoms with Gasteiger partial charge < -0.3 is 24.4 Å². The number of likely N-dealkylation sites (tertiary alicyclic amines) is 1. The largest absolute Gasteiger partial charge is 0.493 e. The Morgan fingerprint density at radius 2 is 1.83 bits per heavy atom. The van der Waals surface area contributed by atoms with E-state index in [1.807, 2.05) is 36.6 Å². The average molecular weight is 433 g/mol. The summed E-state index contributed by atoms with van der Waals surface area (Å²) in [5.41, 5.74) is 0.877. The van der Waals surface area contributed by atoms with Crippen molar-refractivity contribution < 1.29 is 23.8 Å². The molecule has 2 amide bonds. The Morgan fingerprint density at radius 3 is 2.37 bits per heavy atom. The summed E-state index contributed by atoms with van der Waals surface area (Å²) in [4.78, 5) is 28.3. The fraction of sp³-hybridized carbons (Fsp3) is 0.455. The van der Waals surface area contributed by atoms with Crippen LogP contribution in [-0.4, -0.2) is 57.7 Å². The van der Waals surface area contributed by atoms with E-state index in [0.29, 0.717) is 41.8 Å². The van der Waals surface area contributed by atoms with Gasteiger partial charge in [0.2, 0.25) is 11.7 Å². The number of carbonyl (C=O) groups excluding carboxylic acids is 2. The fourth-order valence-corrected chi connectivity index (χ4v) is 4.51. The van der Waals surface area contributed by atoms with Crippen molar-refractivity contribution in [3.63, 3.8) is 0 Å². The molecule has 7 nitrogen and oxygen atoms in total. The van der Waals surface area contributed by atoms with Gasteiger partial charge in [0.15, 0.2) is 11.5 Å². The van der Waals surface area contributed by atoms with Gasteiger partial charge in [0.05, 0.1) is 32.1 Å². The van der Waals surface area contributed by atoms with E-state index >= 15 is 0 Å². The Labute approximate surface area is 180 Å². The average Bonchev–Trinajstić information content (AvgIpc) is 3.46. The van der Waals surface area contributed by atoms with Crippen molar-refractivity contribution in [1.29, 1.82) is 0 Å². The molecule has 0 bridgehead atoms. The molecule has 1 aliphatic heterocycles. The highest BCUT2D eigenvalue weighted by Gasteiger charge is 2.41. The molecule has 2 atom stereocenters. The van der Waals surface area contributed by atoms with Gasteiger partial charge in [-0.1, -0.05) is 13.0 Å². The summed E-state index contributed by atoms with van der Waals surface area (Å²) in [6, 6.07) is 7.40. The number of ether oxygens (including phenoxy) is 3. The van der Waals surface area contributed by atoms with Crippen molar-refractivity contribution in [2.24, 2.45) is 5.92 Å². The second-order valence-electron chi connectivity index (χ2n) is 7.15. The zero-order valence-electron chi connectivity index (χ0n) is 17.8. The fourth-order valence-electron chi connectivity index (χ4n) is 3.82. The number of hydrogen-bond acceptors (Lipinski definition) is 6. The molecule has 1 aromatic heterocycles. The highest BCUT2D eigenvalue weighted by atomic mass is 32.1. The van der Waals surface area contributed by atoms with Crippen LogP contribution < -0.4 is 19.5 Å². The number of rotatable bonds is 8. The minimum Gasteiger partial charge on any atom is -0.493 e. The second kappa shape index (κ2) is 9.84. The molecule has 1 saturated heterocycles. The van der Waals surface area contributed by atoms with E-state index in [4.69, 9.17) is 14.2 Å². The summed E-state index contributed by atoms with van der Waals surface area (Å²) in [7, 11) is 4.68. The standard InChI is InChI=1S/C22H28N2O5S/c1-5-8-23-21(25)16-13-24(22(26)19-7-6-9-30-19)12-15(16)14-10-17(27-2)20(29-4)18(11-14)28-3/h6-7,9-11,15-16H,5,8,12-13H2,1-4H3,(H,23,25)/t15-,16-/m0/s1. The van der Waals surface area contributed by atoms with Crippen molar-refractivity contribution in [2.75, 3.05) is 41.0 Å². The van der Waals surface area contributed by atoms with Crippen molar-refractivity contribution in [3.8, 4) is 17.2 Å². The van der Waals surface area contributed by atoms with Crippen LogP contribution >= 0.6 is 11.3 Å². The molecular formula is C22H28N2O5S. The Balaban J connectivity index is 1.96. The van der Waals surface area contributed by atoms with Crippen LogP contribution in [0.3, 0.4) is 0 Å². The van der Waals surface area contributed by atoms with Crippen molar-refractivity contribution in [1.82, 2.24) is 10.2 Å². The maximum atomic E-state index is 12.9.